The van der Waals surface area contributed by atoms with E-state index in [0.717, 1.165) is 0 Å². The standard InChI is InChI=1S/C12H15N5O6/c18-3-6-8(19)9(20)10(23-6)7-5(1-4-2-13-17-16-4)14-12(22)15-11(7)21/h2,6,8-10,18-20H,1,3H2,(H,13,16,17)(H2,14,15,21,22)/t6-,8?,9+,10+/m1/s1. The zero-order valence-corrected chi connectivity index (χ0v) is 11.8. The Labute approximate surface area is 128 Å². The first-order valence-electron chi connectivity index (χ1n) is 6.83. The van der Waals surface area contributed by atoms with Gasteiger partial charge in [0.25, 0.3) is 5.56 Å². The van der Waals surface area contributed by atoms with Crippen molar-refractivity contribution in [3.63, 3.8) is 0 Å². The fourth-order valence-corrected chi connectivity index (χ4v) is 2.61. The highest BCUT2D eigenvalue weighted by atomic mass is 16.6. The van der Waals surface area contributed by atoms with Crippen LogP contribution in [0.3, 0.4) is 0 Å². The molecule has 1 fully saturated rings. The number of nitrogens with one attached hydrogen (secondary N) is 3. The molecule has 1 unspecified atom stereocenters. The molecule has 0 radical (unpaired) electrons. The Morgan fingerprint density at radius 3 is 2.61 bits per heavy atom. The highest BCUT2D eigenvalue weighted by Gasteiger charge is 2.45. The van der Waals surface area contributed by atoms with Crippen molar-refractivity contribution in [1.82, 2.24) is 25.4 Å². The summed E-state index contributed by atoms with van der Waals surface area (Å²) < 4.78 is 5.37. The van der Waals surface area contributed by atoms with Crippen molar-refractivity contribution in [2.45, 2.75) is 30.8 Å². The number of hydrogen-bond acceptors (Lipinski definition) is 8. The minimum atomic E-state index is -1.42. The van der Waals surface area contributed by atoms with E-state index in [9.17, 15) is 19.8 Å². The van der Waals surface area contributed by atoms with Crippen molar-refractivity contribution >= 4 is 0 Å². The lowest BCUT2D eigenvalue weighted by atomic mass is 9.99. The van der Waals surface area contributed by atoms with E-state index in [1.165, 1.54) is 6.20 Å². The Morgan fingerprint density at radius 2 is 2.00 bits per heavy atom. The number of H-pyrrole nitrogens is 3. The molecule has 0 amide bonds. The van der Waals surface area contributed by atoms with E-state index in [1.54, 1.807) is 0 Å². The van der Waals surface area contributed by atoms with Crippen LogP contribution in [0, 0.1) is 0 Å². The molecule has 0 aliphatic carbocycles. The lowest BCUT2D eigenvalue weighted by Gasteiger charge is -2.16. The van der Waals surface area contributed by atoms with Crippen LogP contribution in [0.2, 0.25) is 0 Å². The van der Waals surface area contributed by atoms with Crippen LogP contribution in [0.25, 0.3) is 0 Å². The van der Waals surface area contributed by atoms with Gasteiger partial charge in [0.05, 0.1) is 24.1 Å². The fourth-order valence-electron chi connectivity index (χ4n) is 2.61. The van der Waals surface area contributed by atoms with Gasteiger partial charge in [0.2, 0.25) is 0 Å². The maximum Gasteiger partial charge on any atom is 0.325 e. The van der Waals surface area contributed by atoms with Crippen molar-refractivity contribution in [2.75, 3.05) is 6.61 Å². The SMILES string of the molecule is O=c1[nH]c(Cc2cn[nH]n2)c([C@@H]2O[C@H](CO)C(O)[C@@H]2O)c(=O)[nH]1. The molecule has 0 aromatic carbocycles. The fraction of sp³-hybridized carbons (Fsp3) is 0.500. The van der Waals surface area contributed by atoms with E-state index in [-0.39, 0.29) is 17.7 Å². The van der Waals surface area contributed by atoms with E-state index in [4.69, 9.17) is 9.84 Å². The highest BCUT2D eigenvalue weighted by Crippen LogP contribution is 2.33. The van der Waals surface area contributed by atoms with E-state index in [0.29, 0.717) is 5.69 Å². The number of hydrogen-bond donors (Lipinski definition) is 6. The second-order valence-electron chi connectivity index (χ2n) is 5.20. The van der Waals surface area contributed by atoms with Gasteiger partial charge in [-0.05, 0) is 0 Å². The van der Waals surface area contributed by atoms with E-state index in [1.807, 2.05) is 0 Å². The van der Waals surface area contributed by atoms with Gasteiger partial charge in [0, 0.05) is 12.1 Å². The Balaban J connectivity index is 2.04. The Kier molecular flexibility index (Phi) is 4.09. The summed E-state index contributed by atoms with van der Waals surface area (Å²) in [5, 5.41) is 39.0. The van der Waals surface area contributed by atoms with Crippen LogP contribution >= 0.6 is 0 Å². The number of ether oxygens (including phenoxy) is 1. The van der Waals surface area contributed by atoms with Gasteiger partial charge < -0.3 is 25.0 Å². The van der Waals surface area contributed by atoms with Crippen molar-refractivity contribution in [3.05, 3.63) is 44.0 Å². The molecule has 3 heterocycles. The molecule has 6 N–H and O–H groups in total. The van der Waals surface area contributed by atoms with Crippen molar-refractivity contribution in [3.8, 4) is 0 Å². The average molecular weight is 325 g/mol. The maximum absolute atomic E-state index is 12.2. The van der Waals surface area contributed by atoms with E-state index >= 15 is 0 Å². The van der Waals surface area contributed by atoms with Crippen LogP contribution in [-0.2, 0) is 11.2 Å². The summed E-state index contributed by atoms with van der Waals surface area (Å²) in [5.41, 5.74) is -0.858. The molecule has 0 bridgehead atoms. The molecule has 0 spiro atoms. The van der Waals surface area contributed by atoms with E-state index < -0.39 is 42.3 Å². The number of nitrogens with zero attached hydrogens (tertiary/aromatic N) is 2. The van der Waals surface area contributed by atoms with Crippen LogP contribution < -0.4 is 11.2 Å². The third kappa shape index (κ3) is 2.82. The maximum atomic E-state index is 12.2. The Morgan fingerprint density at radius 1 is 1.22 bits per heavy atom. The normalized spacial score (nSPS) is 27.4. The topological polar surface area (TPSA) is 177 Å². The van der Waals surface area contributed by atoms with Crippen molar-refractivity contribution < 1.29 is 20.1 Å². The van der Waals surface area contributed by atoms with Gasteiger partial charge in [0.1, 0.15) is 24.4 Å². The Bertz CT molecular complexity index is 784. The first-order chi connectivity index (χ1) is 11.0. The minimum Gasteiger partial charge on any atom is -0.394 e. The predicted octanol–water partition coefficient (Wildman–Crippen LogP) is -3.07. The van der Waals surface area contributed by atoms with Gasteiger partial charge in [-0.2, -0.15) is 15.4 Å². The molecule has 2 aromatic heterocycles. The largest absolute Gasteiger partial charge is 0.394 e. The number of rotatable bonds is 4. The van der Waals surface area contributed by atoms with Crippen LogP contribution in [0.1, 0.15) is 23.1 Å². The summed E-state index contributed by atoms with van der Waals surface area (Å²) in [4.78, 5) is 28.2. The molecule has 3 rings (SSSR count). The van der Waals surface area contributed by atoms with Gasteiger partial charge in [-0.25, -0.2) is 4.79 Å². The molecule has 1 aliphatic rings. The minimum absolute atomic E-state index is 0.0323. The second-order valence-corrected chi connectivity index (χ2v) is 5.20. The zero-order valence-electron chi connectivity index (χ0n) is 11.8. The lowest BCUT2D eigenvalue weighted by Crippen LogP contribution is -2.35. The smallest absolute Gasteiger partial charge is 0.325 e. The summed E-state index contributed by atoms with van der Waals surface area (Å²) >= 11 is 0. The summed E-state index contributed by atoms with van der Waals surface area (Å²) in [6, 6.07) is 0. The lowest BCUT2D eigenvalue weighted by molar-refractivity contribution is -0.0235. The van der Waals surface area contributed by atoms with Crippen LogP contribution in [0.15, 0.2) is 15.8 Å². The van der Waals surface area contributed by atoms with Crippen LogP contribution in [0.4, 0.5) is 0 Å². The third-order valence-corrected chi connectivity index (χ3v) is 3.71. The number of aromatic amines is 3. The Hall–Kier alpha value is -2.34. The quantitative estimate of drug-likeness (QED) is 0.343. The van der Waals surface area contributed by atoms with Gasteiger partial charge >= 0.3 is 5.69 Å². The van der Waals surface area contributed by atoms with Gasteiger partial charge in [0.15, 0.2) is 0 Å². The first kappa shape index (κ1) is 15.6. The number of aliphatic hydroxyl groups excluding tert-OH is 3. The molecule has 11 heteroatoms. The highest BCUT2D eigenvalue weighted by molar-refractivity contribution is 5.26. The molecule has 11 nitrogen and oxygen atoms in total. The second kappa shape index (κ2) is 6.04. The molecular weight excluding hydrogens is 310 g/mol. The van der Waals surface area contributed by atoms with Crippen LogP contribution in [-0.4, -0.2) is 65.6 Å². The zero-order chi connectivity index (χ0) is 16.6. The van der Waals surface area contributed by atoms with Gasteiger partial charge in [-0.15, -0.1) is 0 Å². The summed E-state index contributed by atoms with van der Waals surface area (Å²) in [7, 11) is 0. The first-order valence-corrected chi connectivity index (χ1v) is 6.83. The molecular formula is C12H15N5O6. The van der Waals surface area contributed by atoms with Crippen LogP contribution in [0.5, 0.6) is 0 Å². The van der Waals surface area contributed by atoms with Gasteiger partial charge in [-0.3, -0.25) is 9.78 Å². The molecule has 0 saturated carbocycles. The van der Waals surface area contributed by atoms with Gasteiger partial charge in [-0.1, -0.05) is 0 Å². The molecule has 1 saturated heterocycles. The number of aliphatic hydroxyl groups is 3. The van der Waals surface area contributed by atoms with Crippen molar-refractivity contribution in [1.29, 1.82) is 0 Å². The molecule has 2 aromatic rings. The third-order valence-electron chi connectivity index (χ3n) is 3.71. The number of aromatic nitrogens is 5. The predicted molar refractivity (Wildman–Crippen MR) is 73.6 cm³/mol. The summed E-state index contributed by atoms with van der Waals surface area (Å²) in [6.07, 6.45) is -3.50. The molecule has 23 heavy (non-hydrogen) atoms. The molecule has 1 aliphatic heterocycles. The molecule has 124 valence electrons. The molecule has 4 atom stereocenters. The average Bonchev–Trinajstić information content (AvgIpc) is 3.10. The summed E-state index contributed by atoms with van der Waals surface area (Å²) in [6.45, 7) is -0.519. The van der Waals surface area contributed by atoms with Crippen molar-refractivity contribution in [2.24, 2.45) is 0 Å². The monoisotopic (exact) mass is 325 g/mol. The van der Waals surface area contributed by atoms with E-state index in [2.05, 4.69) is 25.4 Å². The summed E-state index contributed by atoms with van der Waals surface area (Å²) in [5.74, 6) is 0.